The first-order chi connectivity index (χ1) is 15.8. The highest BCUT2D eigenvalue weighted by atomic mass is 19.4. The van der Waals surface area contributed by atoms with E-state index < -0.39 is 23.4 Å². The Labute approximate surface area is 190 Å². The molecule has 2 fully saturated rings. The molecule has 1 aromatic heterocycles. The zero-order valence-corrected chi connectivity index (χ0v) is 18.5. The summed E-state index contributed by atoms with van der Waals surface area (Å²) in [4.78, 5) is 29.3. The van der Waals surface area contributed by atoms with Crippen LogP contribution in [0.3, 0.4) is 0 Å². The molecule has 10 heteroatoms. The molecule has 0 bridgehead atoms. The molecule has 0 radical (unpaired) electrons. The summed E-state index contributed by atoms with van der Waals surface area (Å²) in [5.74, 6) is -1.20. The topological polar surface area (TPSA) is 67.7 Å². The summed E-state index contributed by atoms with van der Waals surface area (Å²) in [5.41, 5.74) is -1.33. The number of alkyl halides is 3. The van der Waals surface area contributed by atoms with E-state index >= 15 is 0 Å². The van der Waals surface area contributed by atoms with Crippen molar-refractivity contribution in [3.05, 3.63) is 47.3 Å². The van der Waals surface area contributed by atoms with Crippen LogP contribution in [0.1, 0.15) is 59.0 Å². The molecule has 3 heterocycles. The Balaban J connectivity index is 1.55. The lowest BCUT2D eigenvalue weighted by atomic mass is 10.1. The van der Waals surface area contributed by atoms with E-state index in [-0.39, 0.29) is 24.2 Å². The predicted molar refractivity (Wildman–Crippen MR) is 114 cm³/mol. The second-order valence-electron chi connectivity index (χ2n) is 8.39. The van der Waals surface area contributed by atoms with Crippen molar-refractivity contribution in [3.63, 3.8) is 0 Å². The van der Waals surface area contributed by atoms with Crippen LogP contribution < -0.4 is 0 Å². The monoisotopic (exact) mass is 464 g/mol. The molecule has 1 amide bonds. The third-order valence-electron chi connectivity index (χ3n) is 6.20. The molecule has 1 unspecified atom stereocenters. The molecule has 7 nitrogen and oxygen atoms in total. The maximum atomic E-state index is 13.7. The maximum Gasteiger partial charge on any atom is 0.434 e. The number of hydrogen-bond acceptors (Lipinski definition) is 5. The molecule has 4 rings (SSSR count). The molecule has 0 spiro atoms. The Bertz CT molecular complexity index is 997. The van der Waals surface area contributed by atoms with E-state index in [4.69, 9.17) is 4.74 Å². The van der Waals surface area contributed by atoms with Crippen LogP contribution in [-0.2, 0) is 10.9 Å². The SMILES string of the molecule is CCOC(=O)c1cnn(-c2ccc(C(=O)N3CCCC3CN3CCCC3)cc2)c1C(F)(F)F. The van der Waals surface area contributed by atoms with Gasteiger partial charge in [-0.25, -0.2) is 9.48 Å². The number of nitrogens with zero attached hydrogens (tertiary/aromatic N) is 4. The number of likely N-dealkylation sites (tertiary alicyclic amines) is 2. The van der Waals surface area contributed by atoms with Crippen LogP contribution in [0.5, 0.6) is 0 Å². The predicted octanol–water partition coefficient (Wildman–Crippen LogP) is 3.77. The largest absolute Gasteiger partial charge is 0.462 e. The summed E-state index contributed by atoms with van der Waals surface area (Å²) in [6.45, 7) is 5.13. The fourth-order valence-electron chi connectivity index (χ4n) is 4.64. The Morgan fingerprint density at radius 1 is 1.09 bits per heavy atom. The Morgan fingerprint density at radius 3 is 2.42 bits per heavy atom. The van der Waals surface area contributed by atoms with Crippen molar-refractivity contribution in [1.82, 2.24) is 19.6 Å². The van der Waals surface area contributed by atoms with Crippen molar-refractivity contribution in [2.45, 2.75) is 44.8 Å². The third kappa shape index (κ3) is 4.90. The van der Waals surface area contributed by atoms with E-state index in [2.05, 4.69) is 10.00 Å². The Morgan fingerprint density at radius 2 is 1.79 bits per heavy atom. The van der Waals surface area contributed by atoms with Gasteiger partial charge < -0.3 is 14.5 Å². The number of hydrogen-bond donors (Lipinski definition) is 0. The van der Waals surface area contributed by atoms with Gasteiger partial charge in [0.25, 0.3) is 5.91 Å². The zero-order chi connectivity index (χ0) is 23.6. The van der Waals surface area contributed by atoms with Crippen LogP contribution in [0.15, 0.2) is 30.5 Å². The molecular weight excluding hydrogens is 437 g/mol. The van der Waals surface area contributed by atoms with Gasteiger partial charge in [0.15, 0.2) is 5.69 Å². The molecule has 2 aliphatic rings. The maximum absolute atomic E-state index is 13.7. The van der Waals surface area contributed by atoms with Crippen molar-refractivity contribution in [2.75, 3.05) is 32.8 Å². The van der Waals surface area contributed by atoms with E-state index in [0.717, 1.165) is 38.7 Å². The highest BCUT2D eigenvalue weighted by molar-refractivity contribution is 5.95. The molecule has 0 saturated carbocycles. The second kappa shape index (κ2) is 9.54. The summed E-state index contributed by atoms with van der Waals surface area (Å²) < 4.78 is 46.5. The van der Waals surface area contributed by atoms with Crippen molar-refractivity contribution < 1.29 is 27.5 Å². The Kier molecular flexibility index (Phi) is 6.73. The number of amides is 1. The average molecular weight is 464 g/mol. The van der Waals surface area contributed by atoms with Crippen LogP contribution in [0, 0.1) is 0 Å². The van der Waals surface area contributed by atoms with Gasteiger partial charge in [-0.3, -0.25) is 4.79 Å². The molecule has 1 atom stereocenters. The first kappa shape index (κ1) is 23.3. The summed E-state index contributed by atoms with van der Waals surface area (Å²) in [5, 5.41) is 3.77. The number of esters is 1. The fraction of sp³-hybridized carbons (Fsp3) is 0.522. The molecular formula is C23H27F3N4O3. The van der Waals surface area contributed by atoms with Crippen LogP contribution >= 0.6 is 0 Å². The molecule has 2 aromatic rings. The van der Waals surface area contributed by atoms with E-state index in [0.29, 0.717) is 16.8 Å². The highest BCUT2D eigenvalue weighted by Gasteiger charge is 2.41. The lowest BCUT2D eigenvalue weighted by Gasteiger charge is -2.28. The van der Waals surface area contributed by atoms with Crippen molar-refractivity contribution >= 4 is 11.9 Å². The number of carbonyl (C=O) groups excluding carboxylic acids is 2. The molecule has 33 heavy (non-hydrogen) atoms. The summed E-state index contributed by atoms with van der Waals surface area (Å²) in [6, 6.07) is 6.00. The minimum absolute atomic E-state index is 0.0482. The lowest BCUT2D eigenvalue weighted by Crippen LogP contribution is -2.42. The van der Waals surface area contributed by atoms with Crippen LogP contribution in [0.25, 0.3) is 5.69 Å². The number of rotatable bonds is 6. The fourth-order valence-corrected chi connectivity index (χ4v) is 4.64. The number of aromatic nitrogens is 2. The zero-order valence-electron chi connectivity index (χ0n) is 18.5. The molecule has 1 aromatic carbocycles. The number of halogens is 3. The average Bonchev–Trinajstić information content (AvgIpc) is 3.54. The number of benzene rings is 1. The van der Waals surface area contributed by atoms with Crippen molar-refractivity contribution in [3.8, 4) is 5.69 Å². The van der Waals surface area contributed by atoms with Gasteiger partial charge in [0.1, 0.15) is 5.56 Å². The van der Waals surface area contributed by atoms with Gasteiger partial charge in [-0.2, -0.15) is 18.3 Å². The summed E-state index contributed by atoms with van der Waals surface area (Å²) >= 11 is 0. The van der Waals surface area contributed by atoms with Gasteiger partial charge in [0.05, 0.1) is 18.5 Å². The molecule has 0 aliphatic carbocycles. The van der Waals surface area contributed by atoms with Gasteiger partial charge in [-0.15, -0.1) is 0 Å². The lowest BCUT2D eigenvalue weighted by molar-refractivity contribution is -0.143. The smallest absolute Gasteiger partial charge is 0.434 e. The second-order valence-corrected chi connectivity index (χ2v) is 8.39. The van der Waals surface area contributed by atoms with Gasteiger partial charge in [0.2, 0.25) is 0 Å². The quantitative estimate of drug-likeness (QED) is 0.609. The standard InChI is InChI=1S/C23H27F3N4O3/c1-2-33-22(32)19-14-27-30(20(19)23(24,25)26)17-9-7-16(8-10-17)21(31)29-13-5-6-18(29)15-28-11-3-4-12-28/h7-10,14,18H,2-6,11-13,15H2,1H3. The molecule has 178 valence electrons. The number of ether oxygens (including phenoxy) is 1. The molecule has 2 aliphatic heterocycles. The summed E-state index contributed by atoms with van der Waals surface area (Å²) in [7, 11) is 0. The van der Waals surface area contributed by atoms with Gasteiger partial charge >= 0.3 is 12.1 Å². The van der Waals surface area contributed by atoms with E-state index in [1.807, 2.05) is 4.90 Å². The molecule has 2 saturated heterocycles. The number of carbonyl (C=O) groups is 2. The van der Waals surface area contributed by atoms with Gasteiger partial charge in [0, 0.05) is 24.7 Å². The third-order valence-corrected chi connectivity index (χ3v) is 6.20. The summed E-state index contributed by atoms with van der Waals surface area (Å²) in [6.07, 6.45) is 0.319. The highest BCUT2D eigenvalue weighted by Crippen LogP contribution is 2.34. The van der Waals surface area contributed by atoms with E-state index in [1.54, 1.807) is 0 Å². The van der Waals surface area contributed by atoms with Crippen LogP contribution in [0.2, 0.25) is 0 Å². The van der Waals surface area contributed by atoms with Crippen molar-refractivity contribution in [1.29, 1.82) is 0 Å². The van der Waals surface area contributed by atoms with E-state index in [1.165, 1.54) is 44.0 Å². The van der Waals surface area contributed by atoms with Crippen LogP contribution in [0.4, 0.5) is 13.2 Å². The van der Waals surface area contributed by atoms with Crippen LogP contribution in [-0.4, -0.2) is 70.3 Å². The van der Waals surface area contributed by atoms with Gasteiger partial charge in [-0.1, -0.05) is 0 Å². The minimum Gasteiger partial charge on any atom is -0.462 e. The first-order valence-electron chi connectivity index (χ1n) is 11.3. The van der Waals surface area contributed by atoms with E-state index in [9.17, 15) is 22.8 Å². The van der Waals surface area contributed by atoms with Gasteiger partial charge in [-0.05, 0) is 70.0 Å². The Hall–Kier alpha value is -2.88. The van der Waals surface area contributed by atoms with Crippen molar-refractivity contribution in [2.24, 2.45) is 0 Å². The first-order valence-corrected chi connectivity index (χ1v) is 11.3. The normalized spacial score (nSPS) is 19.3. The minimum atomic E-state index is -4.81. The molecule has 0 N–H and O–H groups in total.